The Morgan fingerprint density at radius 2 is 1.88 bits per heavy atom. The number of carbonyl (C=O) groups is 1. The Balaban J connectivity index is 2.20. The van der Waals surface area contributed by atoms with Crippen molar-refractivity contribution in [2.75, 3.05) is 18.1 Å². The molecule has 1 heterocycles. The van der Waals surface area contributed by atoms with Crippen molar-refractivity contribution in [2.24, 2.45) is 0 Å². The molecule has 0 bridgehead atoms. The molecule has 0 atom stereocenters. The number of hydrogen-bond donors (Lipinski definition) is 0. The number of Topliss-reactive ketones (excluding diaryl/α,β-unsaturated/α-hetero) is 1. The van der Waals surface area contributed by atoms with Gasteiger partial charge in [0.15, 0.2) is 5.78 Å². The maximum absolute atomic E-state index is 11.2. The quantitative estimate of drug-likeness (QED) is 0.748. The Labute approximate surface area is 102 Å². The fourth-order valence-electron chi connectivity index (χ4n) is 2.18. The largest absolute Gasteiger partial charge is 0.377 e. The number of ether oxygens (including phenoxy) is 1. The van der Waals surface area contributed by atoms with Crippen molar-refractivity contribution in [3.8, 4) is 0 Å². The van der Waals surface area contributed by atoms with E-state index in [1.165, 1.54) is 5.69 Å². The third kappa shape index (κ3) is 2.50. The molecule has 1 saturated heterocycles. The maximum Gasteiger partial charge on any atom is 0.159 e. The highest BCUT2D eigenvalue weighted by atomic mass is 16.5. The molecule has 0 aromatic heterocycles. The summed E-state index contributed by atoms with van der Waals surface area (Å²) in [6.07, 6.45) is 0. The van der Waals surface area contributed by atoms with E-state index in [1.807, 2.05) is 24.3 Å². The van der Waals surface area contributed by atoms with Crippen LogP contribution in [0.3, 0.4) is 0 Å². The summed E-state index contributed by atoms with van der Waals surface area (Å²) in [6, 6.07) is 8.74. The molecule has 2 rings (SSSR count). The van der Waals surface area contributed by atoms with Crippen LogP contribution in [-0.4, -0.2) is 31.1 Å². The normalized spacial score (nSPS) is 15.8. The third-order valence-corrected chi connectivity index (χ3v) is 3.14. The molecule has 3 heteroatoms. The lowest BCUT2D eigenvalue weighted by Gasteiger charge is -2.41. The summed E-state index contributed by atoms with van der Waals surface area (Å²) in [6.45, 7) is 7.54. The van der Waals surface area contributed by atoms with Gasteiger partial charge < -0.3 is 9.64 Å². The molecule has 0 saturated carbocycles. The van der Waals surface area contributed by atoms with Gasteiger partial charge in [0.2, 0.25) is 0 Å². The number of anilines is 1. The number of hydrogen-bond acceptors (Lipinski definition) is 3. The molecule has 3 nitrogen and oxygen atoms in total. The van der Waals surface area contributed by atoms with Crippen LogP contribution in [0.4, 0.5) is 5.69 Å². The van der Waals surface area contributed by atoms with Gasteiger partial charge in [0.05, 0.1) is 19.3 Å². The second-order valence-electron chi connectivity index (χ2n) is 4.80. The van der Waals surface area contributed by atoms with Crippen molar-refractivity contribution >= 4 is 11.5 Å². The fraction of sp³-hybridized carbons (Fsp3) is 0.500. The first-order valence-corrected chi connectivity index (χ1v) is 6.06. The first kappa shape index (κ1) is 12.1. The van der Waals surface area contributed by atoms with Crippen LogP contribution in [0.1, 0.15) is 31.1 Å². The van der Waals surface area contributed by atoms with Crippen molar-refractivity contribution in [3.05, 3.63) is 29.8 Å². The van der Waals surface area contributed by atoms with E-state index >= 15 is 0 Å². The second kappa shape index (κ2) is 4.88. The van der Waals surface area contributed by atoms with Crippen LogP contribution in [0.2, 0.25) is 0 Å². The Morgan fingerprint density at radius 1 is 1.29 bits per heavy atom. The van der Waals surface area contributed by atoms with E-state index in [4.69, 9.17) is 4.74 Å². The molecule has 17 heavy (non-hydrogen) atoms. The summed E-state index contributed by atoms with van der Waals surface area (Å²) in [4.78, 5) is 13.6. The summed E-state index contributed by atoms with van der Waals surface area (Å²) in [5.74, 6) is 0.111. The molecular weight excluding hydrogens is 214 g/mol. The molecule has 0 N–H and O–H groups in total. The van der Waals surface area contributed by atoms with Crippen molar-refractivity contribution in [1.82, 2.24) is 0 Å². The number of rotatable bonds is 4. The van der Waals surface area contributed by atoms with Crippen molar-refractivity contribution in [3.63, 3.8) is 0 Å². The van der Waals surface area contributed by atoms with E-state index in [-0.39, 0.29) is 5.78 Å². The Hall–Kier alpha value is -1.35. The maximum atomic E-state index is 11.2. The molecule has 1 fully saturated rings. The molecule has 92 valence electrons. The topological polar surface area (TPSA) is 29.5 Å². The minimum Gasteiger partial charge on any atom is -0.377 e. The lowest BCUT2D eigenvalue weighted by atomic mass is 10.1. The van der Waals surface area contributed by atoms with Gasteiger partial charge in [-0.15, -0.1) is 0 Å². The van der Waals surface area contributed by atoms with Crippen molar-refractivity contribution in [1.29, 1.82) is 0 Å². The Bertz CT molecular complexity index is 393. The van der Waals surface area contributed by atoms with E-state index in [2.05, 4.69) is 18.7 Å². The summed E-state index contributed by atoms with van der Waals surface area (Å²) in [7, 11) is 0. The van der Waals surface area contributed by atoms with Gasteiger partial charge >= 0.3 is 0 Å². The van der Waals surface area contributed by atoms with Gasteiger partial charge in [-0.05, 0) is 45.0 Å². The fourth-order valence-corrected chi connectivity index (χ4v) is 2.18. The van der Waals surface area contributed by atoms with Gasteiger partial charge in [-0.2, -0.15) is 0 Å². The van der Waals surface area contributed by atoms with Gasteiger partial charge in [-0.25, -0.2) is 0 Å². The van der Waals surface area contributed by atoms with Crippen LogP contribution in [0, 0.1) is 0 Å². The van der Waals surface area contributed by atoms with Crippen molar-refractivity contribution in [2.45, 2.75) is 32.9 Å². The van der Waals surface area contributed by atoms with Gasteiger partial charge in [-0.1, -0.05) is 0 Å². The SMILES string of the molecule is CC(=O)c1ccc(N(C(C)C)C2COC2)cc1. The number of nitrogens with zero attached hydrogens (tertiary/aromatic N) is 1. The molecule has 1 aromatic carbocycles. The molecule has 0 amide bonds. The Kier molecular flexibility index (Phi) is 3.48. The number of carbonyl (C=O) groups excluding carboxylic acids is 1. The molecule has 1 aromatic rings. The highest BCUT2D eigenvalue weighted by Gasteiger charge is 2.28. The van der Waals surface area contributed by atoms with E-state index in [9.17, 15) is 4.79 Å². The van der Waals surface area contributed by atoms with Gasteiger partial charge in [-0.3, -0.25) is 4.79 Å². The highest BCUT2D eigenvalue weighted by molar-refractivity contribution is 5.94. The molecule has 1 aliphatic heterocycles. The minimum atomic E-state index is 0.111. The molecule has 0 spiro atoms. The molecule has 0 aliphatic carbocycles. The zero-order chi connectivity index (χ0) is 12.4. The van der Waals surface area contributed by atoms with Crippen LogP contribution in [0.25, 0.3) is 0 Å². The lowest BCUT2D eigenvalue weighted by molar-refractivity contribution is 0.00578. The molecule has 1 aliphatic rings. The average Bonchev–Trinajstić information content (AvgIpc) is 2.23. The summed E-state index contributed by atoms with van der Waals surface area (Å²) >= 11 is 0. The number of ketones is 1. The molecule has 0 unspecified atom stereocenters. The zero-order valence-electron chi connectivity index (χ0n) is 10.6. The van der Waals surface area contributed by atoms with Gasteiger partial charge in [0, 0.05) is 17.3 Å². The predicted molar refractivity (Wildman–Crippen MR) is 68.7 cm³/mol. The zero-order valence-corrected chi connectivity index (χ0v) is 10.6. The molecule has 0 radical (unpaired) electrons. The van der Waals surface area contributed by atoms with Crippen molar-refractivity contribution < 1.29 is 9.53 Å². The van der Waals surface area contributed by atoms with Crippen LogP contribution in [0.15, 0.2) is 24.3 Å². The average molecular weight is 233 g/mol. The summed E-state index contributed by atoms with van der Waals surface area (Å²) in [5, 5.41) is 0. The van der Waals surface area contributed by atoms with Gasteiger partial charge in [0.25, 0.3) is 0 Å². The van der Waals surface area contributed by atoms with E-state index in [1.54, 1.807) is 6.92 Å². The lowest BCUT2D eigenvalue weighted by Crippen LogP contribution is -2.52. The second-order valence-corrected chi connectivity index (χ2v) is 4.80. The van der Waals surface area contributed by atoms with Crippen LogP contribution >= 0.6 is 0 Å². The monoisotopic (exact) mass is 233 g/mol. The highest BCUT2D eigenvalue weighted by Crippen LogP contribution is 2.24. The van der Waals surface area contributed by atoms with Crippen LogP contribution < -0.4 is 4.90 Å². The Morgan fingerprint density at radius 3 is 2.24 bits per heavy atom. The first-order valence-electron chi connectivity index (χ1n) is 6.06. The summed E-state index contributed by atoms with van der Waals surface area (Å²) < 4.78 is 5.25. The third-order valence-electron chi connectivity index (χ3n) is 3.14. The minimum absolute atomic E-state index is 0.111. The van der Waals surface area contributed by atoms with E-state index < -0.39 is 0 Å². The van der Waals surface area contributed by atoms with Gasteiger partial charge in [0.1, 0.15) is 0 Å². The van der Waals surface area contributed by atoms with Crippen LogP contribution in [0.5, 0.6) is 0 Å². The molecular formula is C14H19NO2. The standard InChI is InChI=1S/C14H19NO2/c1-10(2)15(14-8-17-9-14)13-6-4-12(5-7-13)11(3)16/h4-7,10,14H,8-9H2,1-3H3. The van der Waals surface area contributed by atoms with E-state index in [0.29, 0.717) is 12.1 Å². The predicted octanol–water partition coefficient (Wildman–Crippen LogP) is 2.50. The first-order chi connectivity index (χ1) is 8.09. The van der Waals surface area contributed by atoms with Crippen LogP contribution in [-0.2, 0) is 4.74 Å². The smallest absolute Gasteiger partial charge is 0.159 e. The summed E-state index contributed by atoms with van der Waals surface area (Å²) in [5.41, 5.74) is 1.93. The number of benzene rings is 1. The van der Waals surface area contributed by atoms with E-state index in [0.717, 1.165) is 18.8 Å².